The Hall–Kier alpha value is -2.80. The first-order chi connectivity index (χ1) is 10.8. The lowest BCUT2D eigenvalue weighted by Gasteiger charge is -2.03. The van der Waals surface area contributed by atoms with Crippen molar-refractivity contribution in [3.8, 4) is 0 Å². The molecule has 0 amide bonds. The van der Waals surface area contributed by atoms with E-state index in [4.69, 9.17) is 4.42 Å². The van der Waals surface area contributed by atoms with Crippen LogP contribution in [0.1, 0.15) is 17.7 Å². The molecule has 1 heterocycles. The summed E-state index contributed by atoms with van der Waals surface area (Å²) in [5.74, 6) is 0.885. The zero-order valence-corrected chi connectivity index (χ0v) is 12.3. The maximum absolute atomic E-state index is 6.10. The van der Waals surface area contributed by atoms with Crippen LogP contribution in [-0.2, 0) is 0 Å². The van der Waals surface area contributed by atoms with E-state index in [1.165, 1.54) is 10.8 Å². The molecule has 3 aromatic rings. The molecule has 0 saturated carbocycles. The van der Waals surface area contributed by atoms with Gasteiger partial charge in [-0.25, -0.2) is 0 Å². The van der Waals surface area contributed by atoms with Gasteiger partial charge >= 0.3 is 0 Å². The topological polar surface area (TPSA) is 13.1 Å². The summed E-state index contributed by atoms with van der Waals surface area (Å²) in [6.45, 7) is 4.24. The van der Waals surface area contributed by atoms with Gasteiger partial charge in [0.05, 0.1) is 0 Å². The van der Waals surface area contributed by atoms with Gasteiger partial charge in [-0.3, -0.25) is 0 Å². The minimum atomic E-state index is 0.885. The summed E-state index contributed by atoms with van der Waals surface area (Å²) in [6.07, 6.45) is 13.3. The maximum atomic E-state index is 6.10. The number of hydrogen-bond acceptors (Lipinski definition) is 1. The highest BCUT2D eigenvalue weighted by Crippen LogP contribution is 2.37. The molecule has 2 aromatic carbocycles. The van der Waals surface area contributed by atoms with Crippen LogP contribution in [0, 0.1) is 0 Å². The quantitative estimate of drug-likeness (QED) is 0.484. The van der Waals surface area contributed by atoms with Crippen LogP contribution in [-0.4, -0.2) is 0 Å². The van der Waals surface area contributed by atoms with Gasteiger partial charge in [0.2, 0.25) is 0 Å². The molecule has 4 rings (SSSR count). The van der Waals surface area contributed by atoms with Gasteiger partial charge in [0, 0.05) is 10.9 Å². The number of benzene rings is 2. The Morgan fingerprint density at radius 1 is 0.909 bits per heavy atom. The van der Waals surface area contributed by atoms with Gasteiger partial charge in [0.25, 0.3) is 0 Å². The Morgan fingerprint density at radius 3 is 2.77 bits per heavy atom. The minimum absolute atomic E-state index is 0.885. The predicted molar refractivity (Wildman–Crippen MR) is 94.7 cm³/mol. The molecule has 106 valence electrons. The lowest BCUT2D eigenvalue weighted by atomic mass is 9.97. The molecule has 1 aliphatic rings. The second kappa shape index (κ2) is 5.19. The number of allylic oxidation sites excluding steroid dienone is 6. The molecule has 0 spiro atoms. The van der Waals surface area contributed by atoms with Crippen LogP contribution in [0.4, 0.5) is 0 Å². The molecule has 0 aliphatic heterocycles. The molecule has 0 radical (unpaired) electrons. The summed E-state index contributed by atoms with van der Waals surface area (Å²) in [4.78, 5) is 0. The van der Waals surface area contributed by atoms with Crippen LogP contribution in [0.5, 0.6) is 0 Å². The van der Waals surface area contributed by atoms with Gasteiger partial charge < -0.3 is 4.42 Å². The van der Waals surface area contributed by atoms with Crippen LogP contribution in [0.15, 0.2) is 77.8 Å². The lowest BCUT2D eigenvalue weighted by molar-refractivity contribution is 0.603. The van der Waals surface area contributed by atoms with Crippen molar-refractivity contribution in [1.29, 1.82) is 0 Å². The zero-order valence-electron chi connectivity index (χ0n) is 12.3. The van der Waals surface area contributed by atoms with E-state index in [1.807, 2.05) is 18.2 Å². The summed E-state index contributed by atoms with van der Waals surface area (Å²) in [6, 6.07) is 12.6. The van der Waals surface area contributed by atoms with E-state index in [2.05, 4.69) is 61.2 Å². The molecule has 1 heteroatoms. The van der Waals surface area contributed by atoms with Crippen LogP contribution in [0.25, 0.3) is 33.4 Å². The summed E-state index contributed by atoms with van der Waals surface area (Å²) in [5.41, 5.74) is 2.98. The van der Waals surface area contributed by atoms with E-state index in [0.29, 0.717) is 0 Å². The van der Waals surface area contributed by atoms with Crippen LogP contribution in [0.3, 0.4) is 0 Å². The van der Waals surface area contributed by atoms with Crippen LogP contribution in [0.2, 0.25) is 0 Å². The third kappa shape index (κ3) is 2.03. The third-order valence-electron chi connectivity index (χ3n) is 4.01. The molecule has 0 unspecified atom stereocenters. The highest BCUT2D eigenvalue weighted by molar-refractivity contribution is 6.12. The monoisotopic (exact) mass is 284 g/mol. The standard InChI is InChI=1S/C21H16O/c1-15-9-5-3-2-4-6-12-18-20(15)21-17-11-8-7-10-16(17)13-14-19(21)22-18/h2-3,5-14H,1,4H2/b3-2-,9-5-,12-6-. The molecule has 1 aromatic heterocycles. The lowest BCUT2D eigenvalue weighted by Crippen LogP contribution is -1.83. The first-order valence-electron chi connectivity index (χ1n) is 7.48. The van der Waals surface area contributed by atoms with Gasteiger partial charge in [-0.2, -0.15) is 0 Å². The van der Waals surface area contributed by atoms with E-state index < -0.39 is 0 Å². The number of hydrogen-bond donors (Lipinski definition) is 0. The van der Waals surface area contributed by atoms with E-state index in [0.717, 1.165) is 34.3 Å². The third-order valence-corrected chi connectivity index (χ3v) is 4.01. The van der Waals surface area contributed by atoms with E-state index in [9.17, 15) is 0 Å². The summed E-state index contributed by atoms with van der Waals surface area (Å²) < 4.78 is 6.10. The van der Waals surface area contributed by atoms with Gasteiger partial charge in [0.15, 0.2) is 0 Å². The Bertz CT molecular complexity index is 964. The van der Waals surface area contributed by atoms with E-state index >= 15 is 0 Å². The second-order valence-corrected chi connectivity index (χ2v) is 5.45. The number of furan rings is 1. The van der Waals surface area contributed by atoms with Crippen molar-refractivity contribution in [2.24, 2.45) is 0 Å². The van der Waals surface area contributed by atoms with Gasteiger partial charge in [-0.1, -0.05) is 67.3 Å². The molecule has 0 N–H and O–H groups in total. The molecule has 0 atom stereocenters. The fourth-order valence-corrected chi connectivity index (χ4v) is 2.99. The van der Waals surface area contributed by atoms with Gasteiger partial charge in [0.1, 0.15) is 11.3 Å². The Balaban J connectivity index is 2.12. The van der Waals surface area contributed by atoms with Crippen molar-refractivity contribution in [3.05, 3.63) is 84.7 Å². The molecule has 0 bridgehead atoms. The van der Waals surface area contributed by atoms with Crippen molar-refractivity contribution < 1.29 is 4.42 Å². The number of rotatable bonds is 0. The Kier molecular flexibility index (Phi) is 3.05. The van der Waals surface area contributed by atoms with Crippen LogP contribution < -0.4 is 0 Å². The largest absolute Gasteiger partial charge is 0.456 e. The smallest absolute Gasteiger partial charge is 0.136 e. The summed E-state index contributed by atoms with van der Waals surface area (Å²) in [7, 11) is 0. The van der Waals surface area contributed by atoms with Crippen LogP contribution >= 0.6 is 0 Å². The number of fused-ring (bicyclic) bond motifs is 5. The zero-order chi connectivity index (χ0) is 14.9. The first kappa shape index (κ1) is 12.9. The van der Waals surface area contributed by atoms with Crippen molar-refractivity contribution >= 4 is 33.4 Å². The average molecular weight is 284 g/mol. The second-order valence-electron chi connectivity index (χ2n) is 5.45. The summed E-state index contributed by atoms with van der Waals surface area (Å²) >= 11 is 0. The van der Waals surface area contributed by atoms with E-state index in [1.54, 1.807) is 0 Å². The SMILES string of the molecule is C=C1/C=C\C=C/C/C=C\c2oc3ccc4ccccc4c3c21. The van der Waals surface area contributed by atoms with Crippen molar-refractivity contribution in [2.45, 2.75) is 6.42 Å². The molecule has 22 heavy (non-hydrogen) atoms. The molecule has 1 aliphatic carbocycles. The molecular formula is C21H16O. The highest BCUT2D eigenvalue weighted by atomic mass is 16.3. The molecule has 1 nitrogen and oxygen atoms in total. The fraction of sp³-hybridized carbons (Fsp3) is 0.0476. The molecule has 0 saturated heterocycles. The Labute approximate surface area is 129 Å². The fourth-order valence-electron chi connectivity index (χ4n) is 2.99. The average Bonchev–Trinajstić information content (AvgIpc) is 2.93. The van der Waals surface area contributed by atoms with Gasteiger partial charge in [-0.05, 0) is 34.9 Å². The maximum Gasteiger partial charge on any atom is 0.136 e. The van der Waals surface area contributed by atoms with Gasteiger partial charge in [-0.15, -0.1) is 0 Å². The highest BCUT2D eigenvalue weighted by Gasteiger charge is 2.16. The van der Waals surface area contributed by atoms with E-state index in [-0.39, 0.29) is 0 Å². The Morgan fingerprint density at radius 2 is 1.82 bits per heavy atom. The van der Waals surface area contributed by atoms with Crippen molar-refractivity contribution in [3.63, 3.8) is 0 Å². The minimum Gasteiger partial charge on any atom is -0.456 e. The van der Waals surface area contributed by atoms with Crippen molar-refractivity contribution in [1.82, 2.24) is 0 Å². The summed E-state index contributed by atoms with van der Waals surface area (Å²) in [5, 5.41) is 3.58. The first-order valence-corrected chi connectivity index (χ1v) is 7.48. The predicted octanol–water partition coefficient (Wildman–Crippen LogP) is 6.13. The normalized spacial score (nSPS) is 19.0. The molecular weight excluding hydrogens is 268 g/mol. The van der Waals surface area contributed by atoms with Crippen molar-refractivity contribution in [2.75, 3.05) is 0 Å². The molecule has 0 fully saturated rings.